The van der Waals surface area contributed by atoms with E-state index in [0.29, 0.717) is 0 Å². The number of benzene rings is 5. The second-order valence-corrected chi connectivity index (χ2v) is 9.07. The first-order valence-electron chi connectivity index (χ1n) is 10.3. The summed E-state index contributed by atoms with van der Waals surface area (Å²) >= 11 is 3.89. The lowest BCUT2D eigenvalue weighted by atomic mass is 9.69. The first-order chi connectivity index (χ1) is 14.8. The van der Waals surface area contributed by atoms with E-state index in [2.05, 4.69) is 119 Å². The van der Waals surface area contributed by atoms with Crippen molar-refractivity contribution in [1.29, 1.82) is 0 Å². The second-order valence-electron chi connectivity index (χ2n) is 8.21. The summed E-state index contributed by atoms with van der Waals surface area (Å²) in [5.41, 5.74) is 10.6. The van der Waals surface area contributed by atoms with Gasteiger partial charge in [-0.1, -0.05) is 113 Å². The van der Waals surface area contributed by atoms with Gasteiger partial charge in [-0.05, 0) is 55.8 Å². The molecular weight excluding hydrogens is 428 g/mol. The molecule has 0 saturated heterocycles. The molecule has 0 aromatic heterocycles. The van der Waals surface area contributed by atoms with Crippen LogP contribution in [-0.2, 0) is 5.41 Å². The molecule has 0 atom stereocenters. The third-order valence-electron chi connectivity index (χ3n) is 6.94. The summed E-state index contributed by atoms with van der Waals surface area (Å²) < 4.78 is 1.16. The summed E-state index contributed by atoms with van der Waals surface area (Å²) in [5, 5.41) is 2.63. The molecule has 0 bridgehead atoms. The minimum Gasteiger partial charge on any atom is -0.0619 e. The number of hydrogen-bond acceptors (Lipinski definition) is 0. The van der Waals surface area contributed by atoms with Gasteiger partial charge in [0.25, 0.3) is 0 Å². The topological polar surface area (TPSA) is 0 Å². The fourth-order valence-corrected chi connectivity index (χ4v) is 6.50. The Kier molecular flexibility index (Phi) is 3.16. The molecule has 5 aromatic rings. The molecule has 0 nitrogen and oxygen atoms in total. The van der Waals surface area contributed by atoms with E-state index in [1.807, 2.05) is 0 Å². The Balaban J connectivity index is 1.80. The van der Waals surface area contributed by atoms with E-state index in [1.54, 1.807) is 0 Å². The highest BCUT2D eigenvalue weighted by molar-refractivity contribution is 9.10. The van der Waals surface area contributed by atoms with Crippen LogP contribution < -0.4 is 0 Å². The summed E-state index contributed by atoms with van der Waals surface area (Å²) in [6.45, 7) is 0. The van der Waals surface area contributed by atoms with E-state index in [4.69, 9.17) is 0 Å². The summed E-state index contributed by atoms with van der Waals surface area (Å²) in [7, 11) is 0. The highest BCUT2D eigenvalue weighted by Crippen LogP contribution is 2.64. The van der Waals surface area contributed by atoms with Crippen LogP contribution in [0.2, 0.25) is 0 Å². The Morgan fingerprint density at radius 1 is 0.500 bits per heavy atom. The van der Waals surface area contributed by atoms with Gasteiger partial charge in [0.1, 0.15) is 0 Å². The van der Waals surface area contributed by atoms with Gasteiger partial charge < -0.3 is 0 Å². The first-order valence-corrected chi connectivity index (χ1v) is 11.1. The highest BCUT2D eigenvalue weighted by atomic mass is 79.9. The molecule has 5 aromatic carbocycles. The Morgan fingerprint density at radius 3 is 1.90 bits per heavy atom. The van der Waals surface area contributed by atoms with Crippen molar-refractivity contribution in [3.05, 3.63) is 130 Å². The lowest BCUT2D eigenvalue weighted by molar-refractivity contribution is 0.801. The third-order valence-corrected chi connectivity index (χ3v) is 7.60. The molecule has 0 unspecified atom stereocenters. The zero-order valence-electron chi connectivity index (χ0n) is 16.2. The highest BCUT2D eigenvalue weighted by Gasteiger charge is 2.52. The largest absolute Gasteiger partial charge is 0.0731 e. The Labute approximate surface area is 184 Å². The van der Waals surface area contributed by atoms with Gasteiger partial charge >= 0.3 is 0 Å². The molecule has 2 aliphatic rings. The second kappa shape index (κ2) is 5.71. The van der Waals surface area contributed by atoms with E-state index in [0.717, 1.165) is 4.47 Å². The SMILES string of the molecule is Brc1cccc2c1-c1ccc3ccccc3c1C21c2ccccc2-c2ccccc21. The molecular formula is C29H17Br. The Bertz CT molecular complexity index is 1460. The van der Waals surface area contributed by atoms with Crippen molar-refractivity contribution in [2.24, 2.45) is 0 Å². The predicted molar refractivity (Wildman–Crippen MR) is 128 cm³/mol. The molecule has 30 heavy (non-hydrogen) atoms. The summed E-state index contributed by atoms with van der Waals surface area (Å²) in [6, 6.07) is 38.0. The molecule has 0 radical (unpaired) electrons. The van der Waals surface area contributed by atoms with Crippen LogP contribution in [0.3, 0.4) is 0 Å². The maximum Gasteiger partial charge on any atom is 0.0731 e. The van der Waals surface area contributed by atoms with Crippen LogP contribution in [0, 0.1) is 0 Å². The van der Waals surface area contributed by atoms with E-state index >= 15 is 0 Å². The molecule has 0 heterocycles. The minimum atomic E-state index is -0.289. The monoisotopic (exact) mass is 444 g/mol. The number of fused-ring (bicyclic) bond motifs is 12. The van der Waals surface area contributed by atoms with E-state index in [9.17, 15) is 0 Å². The first kappa shape index (κ1) is 16.6. The third kappa shape index (κ3) is 1.79. The van der Waals surface area contributed by atoms with Crippen molar-refractivity contribution in [2.75, 3.05) is 0 Å². The Morgan fingerprint density at radius 2 is 1.13 bits per heavy atom. The Hall–Kier alpha value is -3.16. The molecule has 0 aliphatic heterocycles. The van der Waals surface area contributed by atoms with E-state index < -0.39 is 0 Å². The van der Waals surface area contributed by atoms with Crippen molar-refractivity contribution < 1.29 is 0 Å². The molecule has 1 spiro atoms. The molecule has 7 rings (SSSR count). The summed E-state index contributed by atoms with van der Waals surface area (Å²) in [4.78, 5) is 0. The summed E-state index contributed by atoms with van der Waals surface area (Å²) in [6.07, 6.45) is 0. The van der Waals surface area contributed by atoms with Crippen LogP contribution in [0.4, 0.5) is 0 Å². The maximum absolute atomic E-state index is 3.89. The number of rotatable bonds is 0. The van der Waals surface area contributed by atoms with Crippen molar-refractivity contribution >= 4 is 26.7 Å². The van der Waals surface area contributed by atoms with Crippen LogP contribution >= 0.6 is 15.9 Å². The standard InChI is InChI=1S/C29H17Br/c30-26-15-7-14-25-27(26)22-17-16-18-8-1-2-9-19(18)28(22)29(25)23-12-5-3-10-20(23)21-11-4-6-13-24(21)29/h1-17H. The van der Waals surface area contributed by atoms with Crippen molar-refractivity contribution in [3.8, 4) is 22.3 Å². The molecule has 1 heteroatoms. The molecule has 0 fully saturated rings. The zero-order chi connectivity index (χ0) is 19.9. The number of halogens is 1. The fraction of sp³-hybridized carbons (Fsp3) is 0.0345. The van der Waals surface area contributed by atoms with Crippen LogP contribution in [-0.4, -0.2) is 0 Å². The van der Waals surface area contributed by atoms with E-state index in [1.165, 1.54) is 55.3 Å². The molecule has 2 aliphatic carbocycles. The average molecular weight is 445 g/mol. The molecule has 140 valence electrons. The smallest absolute Gasteiger partial charge is 0.0619 e. The minimum absolute atomic E-state index is 0.289. The molecule has 0 saturated carbocycles. The number of hydrogen-bond donors (Lipinski definition) is 0. The van der Waals surface area contributed by atoms with Crippen LogP contribution in [0.5, 0.6) is 0 Å². The van der Waals surface area contributed by atoms with Crippen molar-refractivity contribution in [1.82, 2.24) is 0 Å². The normalized spacial score (nSPS) is 14.4. The van der Waals surface area contributed by atoms with E-state index in [-0.39, 0.29) is 5.41 Å². The van der Waals surface area contributed by atoms with Gasteiger partial charge in [-0.3, -0.25) is 0 Å². The van der Waals surface area contributed by atoms with Gasteiger partial charge in [-0.25, -0.2) is 0 Å². The van der Waals surface area contributed by atoms with Gasteiger partial charge in [-0.2, -0.15) is 0 Å². The van der Waals surface area contributed by atoms with Crippen LogP contribution in [0.25, 0.3) is 33.0 Å². The molecule has 0 amide bonds. The van der Waals surface area contributed by atoms with Gasteiger partial charge in [0.2, 0.25) is 0 Å². The maximum atomic E-state index is 3.89. The zero-order valence-corrected chi connectivity index (χ0v) is 17.8. The van der Waals surface area contributed by atoms with Gasteiger partial charge in [0.15, 0.2) is 0 Å². The fourth-order valence-electron chi connectivity index (χ4n) is 5.92. The van der Waals surface area contributed by atoms with Crippen molar-refractivity contribution in [2.45, 2.75) is 5.41 Å². The quantitative estimate of drug-likeness (QED) is 0.222. The van der Waals surface area contributed by atoms with Crippen LogP contribution in [0.15, 0.2) is 108 Å². The summed E-state index contributed by atoms with van der Waals surface area (Å²) in [5.74, 6) is 0. The average Bonchev–Trinajstić information content (AvgIpc) is 3.27. The predicted octanol–water partition coefficient (Wildman–Crippen LogP) is 7.95. The van der Waals surface area contributed by atoms with Gasteiger partial charge in [-0.15, -0.1) is 0 Å². The lowest BCUT2D eigenvalue weighted by Gasteiger charge is -2.31. The van der Waals surface area contributed by atoms with Gasteiger partial charge in [0.05, 0.1) is 5.41 Å². The van der Waals surface area contributed by atoms with Crippen molar-refractivity contribution in [3.63, 3.8) is 0 Å². The van der Waals surface area contributed by atoms with Gasteiger partial charge in [0, 0.05) is 10.0 Å². The van der Waals surface area contributed by atoms with Crippen LogP contribution in [0.1, 0.15) is 22.3 Å². The lowest BCUT2D eigenvalue weighted by Crippen LogP contribution is -2.26. The molecule has 0 N–H and O–H groups in total.